The normalized spacial score (nSPS) is 14.7. The van der Waals surface area contributed by atoms with E-state index < -0.39 is 16.9 Å². The molecule has 0 radical (unpaired) electrons. The van der Waals surface area contributed by atoms with Gasteiger partial charge in [-0.1, -0.05) is 48.0 Å². The maximum absolute atomic E-state index is 13.1. The molecule has 0 saturated carbocycles. The van der Waals surface area contributed by atoms with Gasteiger partial charge in [0.05, 0.1) is 10.6 Å². The summed E-state index contributed by atoms with van der Waals surface area (Å²) in [6, 6.07) is 20.2. The Labute approximate surface area is 205 Å². The van der Waals surface area contributed by atoms with E-state index in [-0.39, 0.29) is 11.4 Å². The first-order valence-corrected chi connectivity index (χ1v) is 11.1. The fourth-order valence-corrected chi connectivity index (χ4v) is 4.46. The Bertz CT molecular complexity index is 1540. The van der Waals surface area contributed by atoms with Crippen LogP contribution >= 0.6 is 11.6 Å². The molecule has 1 saturated heterocycles. The van der Waals surface area contributed by atoms with Gasteiger partial charge >= 0.3 is 6.03 Å². The molecule has 9 heteroatoms. The van der Waals surface area contributed by atoms with Crippen LogP contribution in [0, 0.1) is 17.0 Å². The number of rotatable bonds is 5. The van der Waals surface area contributed by atoms with Gasteiger partial charge in [0.25, 0.3) is 11.6 Å². The van der Waals surface area contributed by atoms with Gasteiger partial charge in [-0.05, 0) is 42.8 Å². The third-order valence-corrected chi connectivity index (χ3v) is 6.24. The SMILES string of the molecule is Cc1c(/C=C2/NC(=O)N(c3cccc(Cl)c3)C2=O)c2ccccc2n1Cc1ccc([N+](=O)[O-])cc1. The minimum atomic E-state index is -0.546. The fourth-order valence-electron chi connectivity index (χ4n) is 4.28. The smallest absolute Gasteiger partial charge is 0.333 e. The van der Waals surface area contributed by atoms with Crippen molar-refractivity contribution in [1.82, 2.24) is 9.88 Å². The molecular formula is C26H19ClN4O4. The Morgan fingerprint density at radius 2 is 1.77 bits per heavy atom. The predicted octanol–water partition coefficient (Wildman–Crippen LogP) is 5.66. The standard InChI is InChI=1S/C26H19ClN4O4/c1-16-22(14-23-25(32)30(26(33)28-23)20-6-4-5-18(27)13-20)21-7-2-3-8-24(21)29(16)15-17-9-11-19(12-10-17)31(34)35/h2-14H,15H2,1H3,(H,28,33)/b23-14+. The summed E-state index contributed by atoms with van der Waals surface area (Å²) in [6.45, 7) is 2.43. The molecule has 0 spiro atoms. The Hall–Kier alpha value is -4.43. The topological polar surface area (TPSA) is 97.5 Å². The van der Waals surface area contributed by atoms with Gasteiger partial charge in [0.1, 0.15) is 5.70 Å². The van der Waals surface area contributed by atoms with E-state index in [1.807, 2.05) is 31.2 Å². The molecule has 174 valence electrons. The molecule has 35 heavy (non-hydrogen) atoms. The number of fused-ring (bicyclic) bond motifs is 1. The van der Waals surface area contributed by atoms with Crippen LogP contribution in [0.15, 0.2) is 78.5 Å². The maximum atomic E-state index is 13.1. The zero-order valence-electron chi connectivity index (χ0n) is 18.6. The summed E-state index contributed by atoms with van der Waals surface area (Å²) in [5.41, 5.74) is 4.12. The quantitative estimate of drug-likeness (QED) is 0.170. The zero-order chi connectivity index (χ0) is 24.7. The van der Waals surface area contributed by atoms with E-state index in [4.69, 9.17) is 11.6 Å². The number of hydrogen-bond donors (Lipinski definition) is 1. The van der Waals surface area contributed by atoms with Gasteiger partial charge in [-0.2, -0.15) is 0 Å². The molecule has 1 fully saturated rings. The number of carbonyl (C=O) groups excluding carboxylic acids is 2. The average molecular weight is 487 g/mol. The largest absolute Gasteiger partial charge is 0.340 e. The van der Waals surface area contributed by atoms with E-state index in [9.17, 15) is 19.7 Å². The van der Waals surface area contributed by atoms with Gasteiger partial charge < -0.3 is 9.88 Å². The number of urea groups is 1. The van der Waals surface area contributed by atoms with Crippen molar-refractivity contribution in [3.8, 4) is 0 Å². The number of anilines is 1. The second kappa shape index (κ2) is 8.73. The van der Waals surface area contributed by atoms with E-state index in [0.717, 1.165) is 32.6 Å². The highest BCUT2D eigenvalue weighted by Gasteiger charge is 2.35. The van der Waals surface area contributed by atoms with Gasteiger partial charge in [-0.25, -0.2) is 9.69 Å². The number of nitro groups is 1. The first kappa shape index (κ1) is 22.4. The van der Waals surface area contributed by atoms with Crippen LogP contribution in [0.1, 0.15) is 16.8 Å². The lowest BCUT2D eigenvalue weighted by Gasteiger charge is -2.11. The number of imide groups is 1. The summed E-state index contributed by atoms with van der Waals surface area (Å²) >= 11 is 6.04. The van der Waals surface area contributed by atoms with Crippen molar-refractivity contribution in [2.75, 3.05) is 4.90 Å². The number of amides is 3. The lowest BCUT2D eigenvalue weighted by molar-refractivity contribution is -0.384. The lowest BCUT2D eigenvalue weighted by atomic mass is 10.1. The van der Waals surface area contributed by atoms with E-state index in [0.29, 0.717) is 17.3 Å². The molecule has 3 amide bonds. The molecule has 1 N–H and O–H groups in total. The number of halogens is 1. The second-order valence-electron chi connectivity index (χ2n) is 8.13. The molecule has 0 unspecified atom stereocenters. The third kappa shape index (κ3) is 4.04. The molecule has 4 aromatic rings. The molecule has 1 aromatic heterocycles. The van der Waals surface area contributed by atoms with Crippen molar-refractivity contribution in [1.29, 1.82) is 0 Å². The molecule has 1 aliphatic heterocycles. The van der Waals surface area contributed by atoms with Crippen molar-refractivity contribution < 1.29 is 14.5 Å². The highest BCUT2D eigenvalue weighted by Crippen LogP contribution is 2.31. The van der Waals surface area contributed by atoms with Crippen LogP contribution in [-0.4, -0.2) is 21.4 Å². The van der Waals surface area contributed by atoms with Crippen molar-refractivity contribution in [3.05, 3.63) is 110 Å². The molecule has 0 atom stereocenters. The molecule has 2 heterocycles. The number of nitro benzene ring substituents is 1. The molecule has 1 aliphatic rings. The van der Waals surface area contributed by atoms with Gasteiger partial charge in [0.15, 0.2) is 0 Å². The maximum Gasteiger partial charge on any atom is 0.333 e. The van der Waals surface area contributed by atoms with E-state index in [1.54, 1.807) is 42.5 Å². The zero-order valence-corrected chi connectivity index (χ0v) is 19.3. The van der Waals surface area contributed by atoms with Crippen LogP contribution in [0.5, 0.6) is 0 Å². The minimum absolute atomic E-state index is 0.0352. The first-order chi connectivity index (χ1) is 16.8. The Balaban J connectivity index is 1.54. The summed E-state index contributed by atoms with van der Waals surface area (Å²) in [4.78, 5) is 37.4. The van der Waals surface area contributed by atoms with Crippen LogP contribution < -0.4 is 10.2 Å². The number of benzene rings is 3. The van der Waals surface area contributed by atoms with Crippen LogP contribution in [0.4, 0.5) is 16.2 Å². The fraction of sp³-hybridized carbons (Fsp3) is 0.0769. The molecular weight excluding hydrogens is 468 g/mol. The number of para-hydroxylation sites is 1. The van der Waals surface area contributed by atoms with E-state index in [1.165, 1.54) is 12.1 Å². The molecule has 8 nitrogen and oxygen atoms in total. The van der Waals surface area contributed by atoms with Crippen LogP contribution in [-0.2, 0) is 11.3 Å². The summed E-state index contributed by atoms with van der Waals surface area (Å²) in [7, 11) is 0. The number of aromatic nitrogens is 1. The second-order valence-corrected chi connectivity index (χ2v) is 8.57. The average Bonchev–Trinajstić information content (AvgIpc) is 3.27. The monoisotopic (exact) mass is 486 g/mol. The number of hydrogen-bond acceptors (Lipinski definition) is 4. The predicted molar refractivity (Wildman–Crippen MR) is 134 cm³/mol. The van der Waals surface area contributed by atoms with E-state index >= 15 is 0 Å². The third-order valence-electron chi connectivity index (χ3n) is 6.00. The van der Waals surface area contributed by atoms with Gasteiger partial charge in [0, 0.05) is 45.9 Å². The summed E-state index contributed by atoms with van der Waals surface area (Å²) in [6.07, 6.45) is 1.69. The number of nitrogens with zero attached hydrogens (tertiary/aromatic N) is 3. The summed E-state index contributed by atoms with van der Waals surface area (Å²) < 4.78 is 2.08. The first-order valence-electron chi connectivity index (χ1n) is 10.8. The Kier molecular flexibility index (Phi) is 5.58. The molecule has 3 aromatic carbocycles. The summed E-state index contributed by atoms with van der Waals surface area (Å²) in [5.74, 6) is -0.469. The minimum Gasteiger partial charge on any atom is -0.340 e. The number of nitrogens with one attached hydrogen (secondary N) is 1. The Morgan fingerprint density at radius 1 is 1.03 bits per heavy atom. The highest BCUT2D eigenvalue weighted by molar-refractivity contribution is 6.32. The van der Waals surface area contributed by atoms with E-state index in [2.05, 4.69) is 9.88 Å². The van der Waals surface area contributed by atoms with Gasteiger partial charge in [-0.3, -0.25) is 14.9 Å². The van der Waals surface area contributed by atoms with Crippen molar-refractivity contribution in [2.45, 2.75) is 13.5 Å². The van der Waals surface area contributed by atoms with Crippen LogP contribution in [0.25, 0.3) is 17.0 Å². The van der Waals surface area contributed by atoms with Crippen LogP contribution in [0.3, 0.4) is 0 Å². The van der Waals surface area contributed by atoms with Crippen molar-refractivity contribution in [2.24, 2.45) is 0 Å². The number of carbonyl (C=O) groups is 2. The lowest BCUT2D eigenvalue weighted by Crippen LogP contribution is -2.30. The molecule has 5 rings (SSSR count). The molecule has 0 bridgehead atoms. The van der Waals surface area contributed by atoms with Gasteiger partial charge in [-0.15, -0.1) is 0 Å². The molecule has 0 aliphatic carbocycles. The Morgan fingerprint density at radius 3 is 2.49 bits per heavy atom. The van der Waals surface area contributed by atoms with Crippen molar-refractivity contribution >= 4 is 51.9 Å². The van der Waals surface area contributed by atoms with Crippen LogP contribution in [0.2, 0.25) is 5.02 Å². The number of non-ortho nitro benzene ring substituents is 1. The summed E-state index contributed by atoms with van der Waals surface area (Å²) in [5, 5.41) is 15.0. The highest BCUT2D eigenvalue weighted by atomic mass is 35.5. The van der Waals surface area contributed by atoms with Gasteiger partial charge in [0.2, 0.25) is 0 Å². The van der Waals surface area contributed by atoms with Crippen molar-refractivity contribution in [3.63, 3.8) is 0 Å².